The van der Waals surface area contributed by atoms with Gasteiger partial charge in [0.2, 0.25) is 0 Å². The fourth-order valence-electron chi connectivity index (χ4n) is 5.91. The molecule has 0 saturated heterocycles. The van der Waals surface area contributed by atoms with Crippen LogP contribution in [0.4, 0.5) is 0 Å². The van der Waals surface area contributed by atoms with Crippen molar-refractivity contribution < 1.29 is 4.79 Å². The highest BCUT2D eigenvalue weighted by molar-refractivity contribution is 5.98. The summed E-state index contributed by atoms with van der Waals surface area (Å²) in [6, 6.07) is 9.11. The maximum Gasteiger partial charge on any atom is 0.161 e. The van der Waals surface area contributed by atoms with E-state index < -0.39 is 0 Å². The first kappa shape index (κ1) is 17.1. The number of aromatic nitrogens is 1. The molecule has 0 spiro atoms. The molecule has 0 amide bonds. The summed E-state index contributed by atoms with van der Waals surface area (Å²) in [5.41, 5.74) is 6.81. The summed E-state index contributed by atoms with van der Waals surface area (Å²) in [5, 5.41) is 1.39. The van der Waals surface area contributed by atoms with Gasteiger partial charge in [-0.2, -0.15) is 0 Å². The highest BCUT2D eigenvalue weighted by atomic mass is 16.1. The van der Waals surface area contributed by atoms with Crippen molar-refractivity contribution >= 4 is 16.7 Å². The molecule has 2 aromatic rings. The Morgan fingerprint density at radius 3 is 2.85 bits per heavy atom. The molecule has 142 valence electrons. The highest BCUT2D eigenvalue weighted by Gasteiger charge is 2.45. The molecule has 0 radical (unpaired) electrons. The van der Waals surface area contributed by atoms with E-state index >= 15 is 0 Å². The van der Waals surface area contributed by atoms with Gasteiger partial charge >= 0.3 is 0 Å². The fourth-order valence-corrected chi connectivity index (χ4v) is 5.91. The van der Waals surface area contributed by atoms with Crippen molar-refractivity contribution in [2.75, 3.05) is 6.54 Å². The Labute approximate surface area is 161 Å². The number of fused-ring (bicyclic) bond motifs is 6. The standard InChI is InChI=1S/C24H30N2O/c1-4-7-15-12-19-23-17(16-8-5-6-9-18(16)25-23)10-11-26(19)20-13-24(2,3)14-21(27)22(15)20/h5-6,8-9,15,19,25H,4,7,10-14H2,1-3H3/t15-,19+/m1/s1. The van der Waals surface area contributed by atoms with E-state index in [1.807, 2.05) is 0 Å². The van der Waals surface area contributed by atoms with Gasteiger partial charge in [0.05, 0.1) is 6.04 Å². The average Bonchev–Trinajstić information content (AvgIpc) is 3.00. The van der Waals surface area contributed by atoms with E-state index in [9.17, 15) is 4.79 Å². The normalized spacial score (nSPS) is 26.8. The number of para-hydroxylation sites is 1. The van der Waals surface area contributed by atoms with Crippen LogP contribution in [-0.2, 0) is 11.2 Å². The highest BCUT2D eigenvalue weighted by Crippen LogP contribution is 2.51. The third kappa shape index (κ3) is 2.58. The number of nitrogens with zero attached hydrogens (tertiary/aromatic N) is 1. The molecule has 1 N–H and O–H groups in total. The number of aromatic amines is 1. The summed E-state index contributed by atoms with van der Waals surface area (Å²) in [4.78, 5) is 19.4. The lowest BCUT2D eigenvalue weighted by Gasteiger charge is -2.50. The van der Waals surface area contributed by atoms with Crippen molar-refractivity contribution in [2.24, 2.45) is 11.3 Å². The van der Waals surface area contributed by atoms with Crippen molar-refractivity contribution in [3.8, 4) is 0 Å². The van der Waals surface area contributed by atoms with Crippen LogP contribution in [0, 0.1) is 11.3 Å². The molecular formula is C24H30N2O. The Balaban J connectivity index is 1.64. The third-order valence-electron chi connectivity index (χ3n) is 6.96. The molecule has 3 aliphatic rings. The number of rotatable bonds is 2. The van der Waals surface area contributed by atoms with Gasteiger partial charge in [-0.05, 0) is 48.6 Å². The van der Waals surface area contributed by atoms with Gasteiger partial charge in [-0.15, -0.1) is 0 Å². The molecule has 1 aromatic heterocycles. The SMILES string of the molecule is CCC[C@@H]1C[C@H]2c3[nH]c4ccccc4c3CCN2C2=C1C(=O)CC(C)(C)C2. The molecule has 3 heteroatoms. The Bertz CT molecular complexity index is 948. The number of carbonyl (C=O) groups is 1. The van der Waals surface area contributed by atoms with Gasteiger partial charge in [-0.3, -0.25) is 4.79 Å². The zero-order valence-corrected chi connectivity index (χ0v) is 16.8. The lowest BCUT2D eigenvalue weighted by Crippen LogP contribution is -2.45. The molecule has 2 aliphatic heterocycles. The van der Waals surface area contributed by atoms with Gasteiger partial charge in [0.25, 0.3) is 0 Å². The van der Waals surface area contributed by atoms with Crippen molar-refractivity contribution in [3.05, 3.63) is 46.8 Å². The van der Waals surface area contributed by atoms with Crippen LogP contribution in [0.25, 0.3) is 10.9 Å². The summed E-state index contributed by atoms with van der Waals surface area (Å²) in [7, 11) is 0. The van der Waals surface area contributed by atoms with E-state index in [4.69, 9.17) is 0 Å². The first-order chi connectivity index (χ1) is 13.0. The summed E-state index contributed by atoms with van der Waals surface area (Å²) >= 11 is 0. The van der Waals surface area contributed by atoms with Crippen LogP contribution in [0.3, 0.4) is 0 Å². The third-order valence-corrected chi connectivity index (χ3v) is 6.96. The van der Waals surface area contributed by atoms with Gasteiger partial charge in [0.1, 0.15) is 0 Å². The van der Waals surface area contributed by atoms with Crippen LogP contribution in [-0.4, -0.2) is 22.2 Å². The first-order valence-electron chi connectivity index (χ1n) is 10.6. The van der Waals surface area contributed by atoms with Gasteiger partial charge in [0, 0.05) is 40.8 Å². The largest absolute Gasteiger partial charge is 0.366 e. The van der Waals surface area contributed by atoms with Crippen LogP contribution in [0.1, 0.15) is 70.2 Å². The second-order valence-corrected chi connectivity index (χ2v) is 9.54. The minimum Gasteiger partial charge on any atom is -0.366 e. The van der Waals surface area contributed by atoms with Crippen molar-refractivity contribution in [1.29, 1.82) is 0 Å². The lowest BCUT2D eigenvalue weighted by molar-refractivity contribution is -0.119. The molecule has 3 nitrogen and oxygen atoms in total. The number of benzene rings is 1. The van der Waals surface area contributed by atoms with Crippen LogP contribution < -0.4 is 0 Å². The predicted molar refractivity (Wildman–Crippen MR) is 110 cm³/mol. The van der Waals surface area contributed by atoms with Crippen molar-refractivity contribution in [3.63, 3.8) is 0 Å². The number of nitrogens with one attached hydrogen (secondary N) is 1. The van der Waals surface area contributed by atoms with Crippen LogP contribution >= 0.6 is 0 Å². The quantitative estimate of drug-likeness (QED) is 0.762. The predicted octanol–water partition coefficient (Wildman–Crippen LogP) is 5.53. The molecule has 0 saturated carbocycles. The maximum absolute atomic E-state index is 13.1. The fraction of sp³-hybridized carbons (Fsp3) is 0.542. The summed E-state index contributed by atoms with van der Waals surface area (Å²) in [6.07, 6.45) is 6.18. The van der Waals surface area contributed by atoms with E-state index in [1.54, 1.807) is 0 Å². The van der Waals surface area contributed by atoms with Gasteiger partial charge in [0.15, 0.2) is 5.78 Å². The van der Waals surface area contributed by atoms with Crippen molar-refractivity contribution in [2.45, 2.75) is 65.3 Å². The Morgan fingerprint density at radius 2 is 2.04 bits per heavy atom. The number of carbonyl (C=O) groups excluding carboxylic acids is 1. The topological polar surface area (TPSA) is 36.1 Å². The second-order valence-electron chi connectivity index (χ2n) is 9.54. The lowest BCUT2D eigenvalue weighted by atomic mass is 9.68. The van der Waals surface area contributed by atoms with E-state index in [0.717, 1.165) is 38.6 Å². The number of hydrogen-bond acceptors (Lipinski definition) is 2. The van der Waals surface area contributed by atoms with Crippen molar-refractivity contribution in [1.82, 2.24) is 9.88 Å². The zero-order valence-electron chi connectivity index (χ0n) is 16.8. The number of hydrogen-bond donors (Lipinski definition) is 1. The van der Waals surface area contributed by atoms with Gasteiger partial charge in [-0.1, -0.05) is 45.4 Å². The second kappa shape index (κ2) is 5.98. The van der Waals surface area contributed by atoms with E-state index in [-0.39, 0.29) is 5.41 Å². The molecular weight excluding hydrogens is 332 g/mol. The number of allylic oxidation sites excluding steroid dienone is 2. The molecule has 2 atom stereocenters. The Hall–Kier alpha value is -2.03. The van der Waals surface area contributed by atoms with Gasteiger partial charge in [-0.25, -0.2) is 0 Å². The minimum absolute atomic E-state index is 0.0787. The number of Topliss-reactive ketones (excluding diaryl/α,β-unsaturated/α-hetero) is 1. The summed E-state index contributed by atoms with van der Waals surface area (Å²) in [6.45, 7) is 7.80. The van der Waals surface area contributed by atoms with Crippen LogP contribution in [0.5, 0.6) is 0 Å². The molecule has 1 aliphatic carbocycles. The number of H-pyrrole nitrogens is 1. The Morgan fingerprint density at radius 1 is 1.22 bits per heavy atom. The molecule has 0 fully saturated rings. The van der Waals surface area contributed by atoms with Gasteiger partial charge < -0.3 is 9.88 Å². The smallest absolute Gasteiger partial charge is 0.161 e. The monoisotopic (exact) mass is 362 g/mol. The minimum atomic E-state index is 0.0787. The summed E-state index contributed by atoms with van der Waals surface area (Å²) < 4.78 is 0. The van der Waals surface area contributed by atoms with Crippen LogP contribution in [0.15, 0.2) is 35.5 Å². The van der Waals surface area contributed by atoms with Crippen LogP contribution in [0.2, 0.25) is 0 Å². The average molecular weight is 363 g/mol. The molecule has 5 rings (SSSR count). The summed E-state index contributed by atoms with van der Waals surface area (Å²) in [5.74, 6) is 0.841. The Kier molecular flexibility index (Phi) is 3.79. The first-order valence-corrected chi connectivity index (χ1v) is 10.6. The molecule has 1 aromatic carbocycles. The molecule has 3 heterocycles. The molecule has 27 heavy (non-hydrogen) atoms. The molecule has 0 unspecified atom stereocenters. The maximum atomic E-state index is 13.1. The number of ketones is 1. The van der Waals surface area contributed by atoms with E-state index in [1.165, 1.54) is 33.4 Å². The van der Waals surface area contributed by atoms with E-state index in [2.05, 4.69) is 54.9 Å². The molecule has 0 bridgehead atoms. The zero-order chi connectivity index (χ0) is 18.8. The van der Waals surface area contributed by atoms with E-state index in [0.29, 0.717) is 24.2 Å².